The molecule has 0 atom stereocenters. The number of carbonyl (C=O) groups excluding carboxylic acids is 1. The molecule has 0 amide bonds. The maximum Gasteiger partial charge on any atom is 0.305 e. The third kappa shape index (κ3) is 42.5. The van der Waals surface area contributed by atoms with Crippen molar-refractivity contribution in [3.05, 3.63) is 0 Å². The fourth-order valence-corrected chi connectivity index (χ4v) is 3.38. The molecule has 0 aromatic heterocycles. The Bertz CT molecular complexity index is 675. The summed E-state index contributed by atoms with van der Waals surface area (Å²) >= 11 is 0. The Labute approximate surface area is 286 Å². The van der Waals surface area contributed by atoms with Crippen molar-refractivity contribution in [2.45, 2.75) is 25.7 Å². The number of carbonyl (C=O) groups is 2. The van der Waals surface area contributed by atoms with Gasteiger partial charge in [-0.15, -0.1) is 0 Å². The van der Waals surface area contributed by atoms with E-state index in [4.69, 9.17) is 61.9 Å². The van der Waals surface area contributed by atoms with Gasteiger partial charge in [-0.05, 0) is 26.9 Å². The lowest BCUT2D eigenvalue weighted by Crippen LogP contribution is -2.19. The Morgan fingerprint density at radius 2 is 0.646 bits per heavy atom. The normalized spacial score (nSPS) is 11.5. The average Bonchev–Trinajstić information content (AvgIpc) is 3.06. The van der Waals surface area contributed by atoms with Crippen molar-refractivity contribution in [2.75, 3.05) is 173 Å². The molecular formula is C32H63NO15. The van der Waals surface area contributed by atoms with Gasteiger partial charge >= 0.3 is 11.9 Å². The van der Waals surface area contributed by atoms with Gasteiger partial charge in [0, 0.05) is 19.4 Å². The number of rotatable bonds is 41. The highest BCUT2D eigenvalue weighted by Gasteiger charge is 2.04. The highest BCUT2D eigenvalue weighted by molar-refractivity contribution is 5.69. The van der Waals surface area contributed by atoms with Crippen LogP contribution in [0.3, 0.4) is 0 Å². The minimum Gasteiger partial charge on any atom is -0.481 e. The molecule has 0 unspecified atom stereocenters. The fourth-order valence-electron chi connectivity index (χ4n) is 3.38. The highest BCUT2D eigenvalue weighted by atomic mass is 16.6. The number of carboxylic acids is 1. The summed E-state index contributed by atoms with van der Waals surface area (Å²) in [5.74, 6) is -1.21. The van der Waals surface area contributed by atoms with Crippen molar-refractivity contribution >= 4 is 11.9 Å². The first-order chi connectivity index (χ1) is 23.5. The van der Waals surface area contributed by atoms with Crippen molar-refractivity contribution in [3.8, 4) is 0 Å². The summed E-state index contributed by atoms with van der Waals surface area (Å²) in [5, 5.41) is 8.55. The number of hydrogen-bond acceptors (Lipinski definition) is 15. The van der Waals surface area contributed by atoms with Crippen LogP contribution in [-0.4, -0.2) is 195 Å². The Morgan fingerprint density at radius 1 is 0.396 bits per heavy atom. The highest BCUT2D eigenvalue weighted by Crippen LogP contribution is 2.01. The van der Waals surface area contributed by atoms with E-state index in [0.29, 0.717) is 152 Å². The molecule has 16 nitrogen and oxygen atoms in total. The van der Waals surface area contributed by atoms with Gasteiger partial charge in [0.15, 0.2) is 0 Å². The molecule has 0 bridgehead atoms. The van der Waals surface area contributed by atoms with E-state index in [2.05, 4.69) is 4.90 Å². The molecule has 0 aliphatic rings. The van der Waals surface area contributed by atoms with Gasteiger partial charge in [0.25, 0.3) is 0 Å². The molecule has 0 saturated carbocycles. The number of ether oxygens (including phenoxy) is 12. The van der Waals surface area contributed by atoms with Crippen LogP contribution in [0.15, 0.2) is 0 Å². The lowest BCUT2D eigenvalue weighted by molar-refractivity contribution is -0.146. The monoisotopic (exact) mass is 701 g/mol. The minimum absolute atomic E-state index is 0.0601. The first-order valence-corrected chi connectivity index (χ1v) is 16.9. The van der Waals surface area contributed by atoms with Gasteiger partial charge in [0.05, 0.1) is 145 Å². The zero-order valence-corrected chi connectivity index (χ0v) is 29.4. The average molecular weight is 702 g/mol. The largest absolute Gasteiger partial charge is 0.481 e. The van der Waals surface area contributed by atoms with E-state index in [9.17, 15) is 9.59 Å². The van der Waals surface area contributed by atoms with Crippen molar-refractivity contribution < 1.29 is 71.5 Å². The smallest absolute Gasteiger partial charge is 0.305 e. The maximum atomic E-state index is 11.5. The lowest BCUT2D eigenvalue weighted by Gasteiger charge is -2.10. The first kappa shape index (κ1) is 46.5. The van der Waals surface area contributed by atoms with Gasteiger partial charge in [-0.3, -0.25) is 9.59 Å². The van der Waals surface area contributed by atoms with Crippen molar-refractivity contribution in [1.29, 1.82) is 0 Å². The molecule has 0 fully saturated rings. The molecule has 0 spiro atoms. The topological polar surface area (TPSA) is 168 Å². The third-order valence-corrected chi connectivity index (χ3v) is 5.92. The SMILES string of the molecule is CN(C)CCOCCOCCOCCOCCOCCOCCOCCOCCOCCOCCOCCOC(=O)CCCCC(=O)O. The number of carboxylic acid groups (broad SMARTS) is 1. The van der Waals surface area contributed by atoms with E-state index in [1.807, 2.05) is 14.1 Å². The molecule has 0 radical (unpaired) electrons. The zero-order valence-electron chi connectivity index (χ0n) is 29.4. The molecule has 0 aliphatic carbocycles. The summed E-state index contributed by atoms with van der Waals surface area (Å²) < 4.78 is 64.9. The van der Waals surface area contributed by atoms with Gasteiger partial charge in [-0.1, -0.05) is 0 Å². The number of hydrogen-bond donors (Lipinski definition) is 1. The van der Waals surface area contributed by atoms with Crippen molar-refractivity contribution in [1.82, 2.24) is 4.90 Å². The van der Waals surface area contributed by atoms with Crippen LogP contribution in [0.25, 0.3) is 0 Å². The lowest BCUT2D eigenvalue weighted by atomic mass is 10.2. The maximum absolute atomic E-state index is 11.5. The van der Waals surface area contributed by atoms with E-state index in [0.717, 1.165) is 6.54 Å². The summed E-state index contributed by atoms with van der Waals surface area (Å²) in [6.07, 6.45) is 1.24. The predicted molar refractivity (Wildman–Crippen MR) is 175 cm³/mol. The summed E-state index contributed by atoms with van der Waals surface area (Å²) in [4.78, 5) is 24.0. The zero-order chi connectivity index (χ0) is 35.0. The van der Waals surface area contributed by atoms with Crippen molar-refractivity contribution in [2.24, 2.45) is 0 Å². The Balaban J connectivity index is 3.10. The number of unbranched alkanes of at least 4 members (excludes halogenated alkanes) is 1. The second-order valence-electron chi connectivity index (χ2n) is 10.4. The molecule has 16 heteroatoms. The fraction of sp³-hybridized carbons (Fsp3) is 0.938. The molecule has 0 rings (SSSR count). The van der Waals surface area contributed by atoms with Gasteiger partial charge in [-0.25, -0.2) is 0 Å². The van der Waals surface area contributed by atoms with Crippen LogP contribution >= 0.6 is 0 Å². The number of likely N-dealkylation sites (N-methyl/N-ethyl adjacent to an activating group) is 1. The standard InChI is InChI=1S/C32H63NO15/c1-33(2)7-8-37-9-10-38-11-12-39-13-14-40-15-16-41-17-18-42-19-20-43-21-22-44-23-24-45-25-26-46-27-28-47-29-30-48-32(36)6-4-3-5-31(34)35/h3-30H2,1-2H3,(H,34,35). The van der Waals surface area contributed by atoms with Gasteiger partial charge < -0.3 is 66.8 Å². The molecule has 286 valence electrons. The van der Waals surface area contributed by atoms with Crippen LogP contribution < -0.4 is 0 Å². The van der Waals surface area contributed by atoms with E-state index in [1.54, 1.807) is 0 Å². The van der Waals surface area contributed by atoms with Crippen LogP contribution in [0.4, 0.5) is 0 Å². The van der Waals surface area contributed by atoms with Crippen LogP contribution in [0, 0.1) is 0 Å². The molecule has 0 aliphatic heterocycles. The molecule has 0 saturated heterocycles. The summed E-state index contributed by atoms with van der Waals surface area (Å²) in [7, 11) is 4.03. The predicted octanol–water partition coefficient (Wildman–Crippen LogP) is 0.919. The van der Waals surface area contributed by atoms with Gasteiger partial charge in [-0.2, -0.15) is 0 Å². The third-order valence-electron chi connectivity index (χ3n) is 5.92. The quantitative estimate of drug-likeness (QED) is 0.0705. The molecule has 1 N–H and O–H groups in total. The second kappa shape index (κ2) is 39.9. The summed E-state index contributed by atoms with van der Waals surface area (Å²) in [5.41, 5.74) is 0. The van der Waals surface area contributed by atoms with Gasteiger partial charge in [0.2, 0.25) is 0 Å². The van der Waals surface area contributed by atoms with Crippen LogP contribution in [0.2, 0.25) is 0 Å². The van der Waals surface area contributed by atoms with Crippen molar-refractivity contribution in [3.63, 3.8) is 0 Å². The number of esters is 1. The Kier molecular flexibility index (Phi) is 38.6. The van der Waals surface area contributed by atoms with E-state index < -0.39 is 5.97 Å². The Hall–Kier alpha value is -1.54. The minimum atomic E-state index is -0.863. The molecule has 48 heavy (non-hydrogen) atoms. The van der Waals surface area contributed by atoms with E-state index in [1.165, 1.54) is 0 Å². The molecule has 0 aromatic rings. The second-order valence-corrected chi connectivity index (χ2v) is 10.4. The summed E-state index contributed by atoms with van der Waals surface area (Å²) in [6, 6.07) is 0. The number of aliphatic carboxylic acids is 1. The summed E-state index contributed by atoms with van der Waals surface area (Å²) in [6.45, 7) is 11.9. The van der Waals surface area contributed by atoms with Crippen LogP contribution in [0.1, 0.15) is 25.7 Å². The molecule has 0 aromatic carbocycles. The van der Waals surface area contributed by atoms with E-state index in [-0.39, 0.29) is 32.0 Å². The van der Waals surface area contributed by atoms with Gasteiger partial charge in [0.1, 0.15) is 6.61 Å². The van der Waals surface area contributed by atoms with E-state index >= 15 is 0 Å². The Morgan fingerprint density at radius 3 is 0.917 bits per heavy atom. The number of nitrogens with zero attached hydrogens (tertiary/aromatic N) is 1. The van der Waals surface area contributed by atoms with Crippen LogP contribution in [-0.2, 0) is 66.4 Å². The van der Waals surface area contributed by atoms with Crippen LogP contribution in [0.5, 0.6) is 0 Å². The first-order valence-electron chi connectivity index (χ1n) is 16.9. The molecular weight excluding hydrogens is 638 g/mol. The molecule has 0 heterocycles.